The van der Waals surface area contributed by atoms with Crippen molar-refractivity contribution in [1.82, 2.24) is 14.8 Å². The van der Waals surface area contributed by atoms with Crippen molar-refractivity contribution in [2.75, 3.05) is 0 Å². The van der Waals surface area contributed by atoms with Crippen LogP contribution >= 0.6 is 22.9 Å². The molecule has 7 heteroatoms. The Bertz CT molecular complexity index is 1490. The summed E-state index contributed by atoms with van der Waals surface area (Å²) in [6.07, 6.45) is 1.43. The highest BCUT2D eigenvalue weighted by molar-refractivity contribution is 7.18. The zero-order valence-corrected chi connectivity index (χ0v) is 17.8. The summed E-state index contributed by atoms with van der Waals surface area (Å²) in [6.45, 7) is 0.280. The molecule has 5 aromatic rings. The van der Waals surface area contributed by atoms with Gasteiger partial charge in [0.05, 0.1) is 39.6 Å². The molecule has 0 amide bonds. The Kier molecular flexibility index (Phi) is 4.99. The van der Waals surface area contributed by atoms with Crippen LogP contribution in [0.2, 0.25) is 5.02 Å². The first-order chi connectivity index (χ1) is 15.2. The molecule has 3 aromatic carbocycles. The van der Waals surface area contributed by atoms with Gasteiger partial charge in [-0.2, -0.15) is 10.4 Å². The molecule has 0 bridgehead atoms. The first-order valence-corrected chi connectivity index (χ1v) is 10.8. The fraction of sp³-hybridized carbons (Fsp3) is 0.0833. The van der Waals surface area contributed by atoms with Crippen LogP contribution in [0.5, 0.6) is 0 Å². The third-order valence-corrected chi connectivity index (χ3v) is 6.61. The predicted octanol–water partition coefficient (Wildman–Crippen LogP) is 5.36. The Morgan fingerprint density at radius 1 is 1.06 bits per heavy atom. The van der Waals surface area contributed by atoms with Crippen LogP contribution in [0.25, 0.3) is 21.0 Å². The molecule has 2 heterocycles. The van der Waals surface area contributed by atoms with E-state index in [1.54, 1.807) is 0 Å². The first-order valence-electron chi connectivity index (χ1n) is 9.63. The van der Waals surface area contributed by atoms with E-state index in [-0.39, 0.29) is 22.7 Å². The number of fused-ring (bicyclic) bond motifs is 2. The Balaban J connectivity index is 1.61. The largest absolute Gasteiger partial charge is 0.273 e. The molecule has 0 saturated carbocycles. The van der Waals surface area contributed by atoms with E-state index in [0.29, 0.717) is 5.01 Å². The number of hydrogen-bond acceptors (Lipinski definition) is 5. The number of aromatic nitrogens is 3. The molecular formula is C24H15ClN4OS. The van der Waals surface area contributed by atoms with Crippen molar-refractivity contribution in [1.29, 1.82) is 5.26 Å². The highest BCUT2D eigenvalue weighted by Gasteiger charge is 2.25. The molecule has 0 aliphatic heterocycles. The number of halogens is 1. The van der Waals surface area contributed by atoms with Crippen LogP contribution in [0.4, 0.5) is 0 Å². The lowest BCUT2D eigenvalue weighted by Crippen LogP contribution is -2.28. The molecule has 0 aliphatic rings. The number of nitrogens with zero attached hydrogens (tertiary/aromatic N) is 4. The molecule has 5 rings (SSSR count). The normalized spacial score (nSPS) is 12.1. The van der Waals surface area contributed by atoms with E-state index in [9.17, 15) is 10.1 Å². The van der Waals surface area contributed by atoms with Gasteiger partial charge in [-0.25, -0.2) is 9.67 Å². The molecule has 0 aliphatic carbocycles. The summed E-state index contributed by atoms with van der Waals surface area (Å²) in [4.78, 5) is 17.9. The standard InChI is InChI=1S/C24H15ClN4OS/c25-19-13-27-29(14-16-8-5-7-15-6-1-2-9-17(15)16)24(30)22(19)18(12-26)23-28-20-10-3-4-11-21(20)31-23/h1-11,13,18H,14H2. The van der Waals surface area contributed by atoms with Gasteiger partial charge in [0.2, 0.25) is 0 Å². The highest BCUT2D eigenvalue weighted by atomic mass is 35.5. The van der Waals surface area contributed by atoms with Crippen LogP contribution in [0.15, 0.2) is 77.7 Å². The van der Waals surface area contributed by atoms with Gasteiger partial charge in [-0.3, -0.25) is 4.79 Å². The van der Waals surface area contributed by atoms with E-state index < -0.39 is 5.92 Å². The van der Waals surface area contributed by atoms with Gasteiger partial charge in [-0.05, 0) is 28.5 Å². The number of nitriles is 1. The number of hydrogen-bond donors (Lipinski definition) is 0. The molecule has 150 valence electrons. The smallest absolute Gasteiger partial charge is 0.267 e. The number of para-hydroxylation sites is 1. The van der Waals surface area contributed by atoms with Crippen molar-refractivity contribution in [3.8, 4) is 6.07 Å². The number of thiazole rings is 1. The van der Waals surface area contributed by atoms with Gasteiger partial charge in [-0.15, -0.1) is 11.3 Å². The van der Waals surface area contributed by atoms with Crippen LogP contribution < -0.4 is 5.56 Å². The third kappa shape index (κ3) is 3.48. The quantitative estimate of drug-likeness (QED) is 0.375. The first kappa shape index (κ1) is 19.4. The topological polar surface area (TPSA) is 71.6 Å². The fourth-order valence-corrected chi connectivity index (χ4v) is 4.96. The summed E-state index contributed by atoms with van der Waals surface area (Å²) in [5, 5.41) is 17.0. The van der Waals surface area contributed by atoms with E-state index in [4.69, 9.17) is 11.6 Å². The van der Waals surface area contributed by atoms with E-state index in [1.807, 2.05) is 66.7 Å². The van der Waals surface area contributed by atoms with E-state index in [2.05, 4.69) is 16.2 Å². The Morgan fingerprint density at radius 2 is 1.84 bits per heavy atom. The minimum absolute atomic E-state index is 0.171. The zero-order chi connectivity index (χ0) is 21.4. The molecule has 1 unspecified atom stereocenters. The fourth-order valence-electron chi connectivity index (χ4n) is 3.71. The molecule has 0 radical (unpaired) electrons. The van der Waals surface area contributed by atoms with Gasteiger partial charge in [0.15, 0.2) is 0 Å². The summed E-state index contributed by atoms with van der Waals surface area (Å²) in [5.41, 5.74) is 1.59. The summed E-state index contributed by atoms with van der Waals surface area (Å²) in [5.74, 6) is -0.862. The van der Waals surface area contributed by atoms with Gasteiger partial charge in [-0.1, -0.05) is 66.2 Å². The molecule has 0 saturated heterocycles. The van der Waals surface area contributed by atoms with E-state index in [0.717, 1.165) is 26.6 Å². The van der Waals surface area contributed by atoms with E-state index >= 15 is 0 Å². The van der Waals surface area contributed by atoms with Crippen molar-refractivity contribution in [3.05, 3.63) is 104 Å². The summed E-state index contributed by atoms with van der Waals surface area (Å²) in [6, 6.07) is 23.8. The maximum Gasteiger partial charge on any atom is 0.273 e. The van der Waals surface area contributed by atoms with Crippen molar-refractivity contribution in [3.63, 3.8) is 0 Å². The van der Waals surface area contributed by atoms with Crippen LogP contribution in [0.1, 0.15) is 22.1 Å². The molecule has 0 fully saturated rings. The van der Waals surface area contributed by atoms with Crippen molar-refractivity contribution in [2.45, 2.75) is 12.5 Å². The lowest BCUT2D eigenvalue weighted by atomic mass is 10.0. The predicted molar refractivity (Wildman–Crippen MR) is 124 cm³/mol. The van der Waals surface area contributed by atoms with Gasteiger partial charge < -0.3 is 0 Å². The molecule has 31 heavy (non-hydrogen) atoms. The maximum absolute atomic E-state index is 13.4. The second-order valence-corrected chi connectivity index (χ2v) is 8.56. The summed E-state index contributed by atoms with van der Waals surface area (Å²) in [7, 11) is 0. The van der Waals surface area contributed by atoms with Gasteiger partial charge >= 0.3 is 0 Å². The van der Waals surface area contributed by atoms with Crippen molar-refractivity contribution < 1.29 is 0 Å². The molecule has 0 N–H and O–H groups in total. The second kappa shape index (κ2) is 7.95. The van der Waals surface area contributed by atoms with Crippen molar-refractivity contribution in [2.24, 2.45) is 0 Å². The third-order valence-electron chi connectivity index (χ3n) is 5.21. The summed E-state index contributed by atoms with van der Waals surface area (Å²) < 4.78 is 2.32. The highest BCUT2D eigenvalue weighted by Crippen LogP contribution is 2.32. The molecule has 5 nitrogen and oxygen atoms in total. The minimum Gasteiger partial charge on any atom is -0.267 e. The van der Waals surface area contributed by atoms with Gasteiger partial charge in [0.1, 0.15) is 10.9 Å². The lowest BCUT2D eigenvalue weighted by molar-refractivity contribution is 0.631. The number of benzene rings is 3. The monoisotopic (exact) mass is 442 g/mol. The van der Waals surface area contributed by atoms with Crippen LogP contribution in [-0.2, 0) is 6.54 Å². The molecule has 1 atom stereocenters. The van der Waals surface area contributed by atoms with Crippen LogP contribution in [-0.4, -0.2) is 14.8 Å². The Hall–Kier alpha value is -3.53. The zero-order valence-electron chi connectivity index (χ0n) is 16.2. The van der Waals surface area contributed by atoms with Crippen LogP contribution in [0, 0.1) is 11.3 Å². The average Bonchev–Trinajstić information content (AvgIpc) is 3.22. The van der Waals surface area contributed by atoms with Crippen molar-refractivity contribution >= 4 is 43.9 Å². The molecule has 0 spiro atoms. The Morgan fingerprint density at radius 3 is 2.68 bits per heavy atom. The van der Waals surface area contributed by atoms with Gasteiger partial charge in [0.25, 0.3) is 5.56 Å². The molecular weight excluding hydrogens is 428 g/mol. The van der Waals surface area contributed by atoms with Gasteiger partial charge in [0, 0.05) is 0 Å². The SMILES string of the molecule is N#CC(c1nc2ccccc2s1)c1c(Cl)cnn(Cc2cccc3ccccc23)c1=O. The maximum atomic E-state index is 13.4. The number of rotatable bonds is 4. The molecule has 2 aromatic heterocycles. The minimum atomic E-state index is -0.862. The second-order valence-electron chi connectivity index (χ2n) is 7.09. The van der Waals surface area contributed by atoms with E-state index in [1.165, 1.54) is 22.2 Å². The Labute approximate surface area is 186 Å². The average molecular weight is 443 g/mol. The summed E-state index contributed by atoms with van der Waals surface area (Å²) >= 11 is 7.76. The lowest BCUT2D eigenvalue weighted by Gasteiger charge is -2.12. The van der Waals surface area contributed by atoms with Crippen LogP contribution in [0.3, 0.4) is 0 Å².